The fourth-order valence-corrected chi connectivity index (χ4v) is 1.73. The summed E-state index contributed by atoms with van der Waals surface area (Å²) in [5.74, 6) is 1.55. The summed E-state index contributed by atoms with van der Waals surface area (Å²) >= 11 is 0. The van der Waals surface area contributed by atoms with Crippen LogP contribution in [0.1, 0.15) is 6.92 Å². The zero-order valence-corrected chi connectivity index (χ0v) is 12.9. The number of amides is 2. The second-order valence-electron chi connectivity index (χ2n) is 4.82. The molecule has 0 spiro atoms. The summed E-state index contributed by atoms with van der Waals surface area (Å²) in [7, 11) is 1.59. The molecule has 7 nitrogen and oxygen atoms in total. The normalized spacial score (nSPS) is 11.4. The molecule has 1 unspecified atom stereocenters. The molecule has 0 aliphatic carbocycles. The number of methoxy groups -OCH3 is 1. The number of aromatic nitrogens is 1. The number of aliphatic hydroxyl groups excluding tert-OH is 1. The number of anilines is 1. The Bertz CT molecular complexity index is 644. The monoisotopic (exact) mass is 317 g/mol. The van der Waals surface area contributed by atoms with E-state index in [2.05, 4.69) is 15.6 Å². The van der Waals surface area contributed by atoms with Crippen molar-refractivity contribution in [3.63, 3.8) is 0 Å². The van der Waals surface area contributed by atoms with E-state index in [0.717, 1.165) is 0 Å². The van der Waals surface area contributed by atoms with E-state index in [-0.39, 0.29) is 12.4 Å². The van der Waals surface area contributed by atoms with Crippen molar-refractivity contribution in [3.8, 4) is 17.4 Å². The number of nitrogens with zero attached hydrogens (tertiary/aromatic N) is 1. The fourth-order valence-electron chi connectivity index (χ4n) is 1.73. The van der Waals surface area contributed by atoms with Gasteiger partial charge >= 0.3 is 6.03 Å². The Kier molecular flexibility index (Phi) is 5.76. The molecule has 122 valence electrons. The van der Waals surface area contributed by atoms with Gasteiger partial charge < -0.3 is 25.2 Å². The first-order valence-electron chi connectivity index (χ1n) is 7.08. The van der Waals surface area contributed by atoms with Crippen LogP contribution in [0.2, 0.25) is 0 Å². The van der Waals surface area contributed by atoms with Gasteiger partial charge in [0.25, 0.3) is 0 Å². The van der Waals surface area contributed by atoms with Gasteiger partial charge in [0.05, 0.1) is 13.2 Å². The molecule has 0 saturated heterocycles. The summed E-state index contributed by atoms with van der Waals surface area (Å²) in [6, 6.07) is 9.93. The van der Waals surface area contributed by atoms with Crippen LogP contribution in [-0.4, -0.2) is 35.9 Å². The third kappa shape index (κ3) is 5.15. The molecular formula is C16H19N3O4. The lowest BCUT2D eigenvalue weighted by atomic mass is 10.3. The van der Waals surface area contributed by atoms with E-state index in [1.807, 2.05) is 0 Å². The number of hydrogen-bond donors (Lipinski definition) is 3. The number of hydrogen-bond acceptors (Lipinski definition) is 5. The molecule has 1 aromatic heterocycles. The molecule has 23 heavy (non-hydrogen) atoms. The van der Waals surface area contributed by atoms with E-state index in [1.165, 1.54) is 0 Å². The third-order valence-electron chi connectivity index (χ3n) is 2.85. The van der Waals surface area contributed by atoms with Gasteiger partial charge in [-0.1, -0.05) is 0 Å². The van der Waals surface area contributed by atoms with Gasteiger partial charge in [-0.05, 0) is 43.3 Å². The average molecular weight is 317 g/mol. The molecule has 2 aromatic rings. The Morgan fingerprint density at radius 3 is 2.61 bits per heavy atom. The molecule has 0 radical (unpaired) electrons. The summed E-state index contributed by atoms with van der Waals surface area (Å²) in [5.41, 5.74) is 0.423. The second kappa shape index (κ2) is 8.00. The quantitative estimate of drug-likeness (QED) is 0.760. The first kappa shape index (κ1) is 16.6. The van der Waals surface area contributed by atoms with E-state index < -0.39 is 12.1 Å². The molecule has 3 N–H and O–H groups in total. The minimum absolute atomic E-state index is 0.154. The second-order valence-corrected chi connectivity index (χ2v) is 4.82. The van der Waals surface area contributed by atoms with Crippen molar-refractivity contribution in [2.45, 2.75) is 13.0 Å². The zero-order chi connectivity index (χ0) is 16.7. The highest BCUT2D eigenvalue weighted by Crippen LogP contribution is 2.27. The predicted octanol–water partition coefficient (Wildman–Crippen LogP) is 2.38. The summed E-state index contributed by atoms with van der Waals surface area (Å²) in [5, 5.41) is 14.3. The number of urea groups is 1. The topological polar surface area (TPSA) is 92.7 Å². The first-order valence-corrected chi connectivity index (χ1v) is 7.08. The number of benzene rings is 1. The van der Waals surface area contributed by atoms with Gasteiger partial charge in [-0.3, -0.25) is 0 Å². The molecule has 0 fully saturated rings. The van der Waals surface area contributed by atoms with Gasteiger partial charge in [0.1, 0.15) is 17.2 Å². The predicted molar refractivity (Wildman–Crippen MR) is 86.0 cm³/mol. The lowest BCUT2D eigenvalue weighted by Crippen LogP contribution is -2.34. The van der Waals surface area contributed by atoms with Gasteiger partial charge in [0.2, 0.25) is 5.88 Å². The number of aliphatic hydroxyl groups is 1. The molecule has 0 aliphatic heterocycles. The van der Waals surface area contributed by atoms with Crippen molar-refractivity contribution in [3.05, 3.63) is 42.6 Å². The minimum Gasteiger partial charge on any atom is -0.497 e. The van der Waals surface area contributed by atoms with Crippen molar-refractivity contribution >= 4 is 11.7 Å². The minimum atomic E-state index is -0.621. The maximum Gasteiger partial charge on any atom is 0.319 e. The Morgan fingerprint density at radius 2 is 1.96 bits per heavy atom. The van der Waals surface area contributed by atoms with Crippen molar-refractivity contribution in [2.24, 2.45) is 0 Å². The van der Waals surface area contributed by atoms with Crippen LogP contribution in [0, 0.1) is 0 Å². The van der Waals surface area contributed by atoms with E-state index in [1.54, 1.807) is 56.6 Å². The summed E-state index contributed by atoms with van der Waals surface area (Å²) in [4.78, 5) is 15.9. The first-order chi connectivity index (χ1) is 11.1. The van der Waals surface area contributed by atoms with Gasteiger partial charge in [-0.15, -0.1) is 0 Å². The number of nitrogens with one attached hydrogen (secondary N) is 2. The number of pyridine rings is 1. The van der Waals surface area contributed by atoms with Crippen LogP contribution in [0.3, 0.4) is 0 Å². The lowest BCUT2D eigenvalue weighted by Gasteiger charge is -2.12. The van der Waals surface area contributed by atoms with Crippen LogP contribution >= 0.6 is 0 Å². The van der Waals surface area contributed by atoms with Crippen molar-refractivity contribution in [2.75, 3.05) is 19.0 Å². The summed E-state index contributed by atoms with van der Waals surface area (Å²) < 4.78 is 10.8. The van der Waals surface area contributed by atoms with Crippen LogP contribution in [0.4, 0.5) is 10.5 Å². The van der Waals surface area contributed by atoms with Crippen LogP contribution in [0.15, 0.2) is 42.6 Å². The third-order valence-corrected chi connectivity index (χ3v) is 2.85. The summed E-state index contributed by atoms with van der Waals surface area (Å²) in [6.45, 7) is 1.74. The molecule has 2 rings (SSSR count). The van der Waals surface area contributed by atoms with E-state index in [0.29, 0.717) is 17.2 Å². The molecule has 0 aliphatic rings. The van der Waals surface area contributed by atoms with E-state index >= 15 is 0 Å². The summed E-state index contributed by atoms with van der Waals surface area (Å²) in [6.07, 6.45) is 0.947. The van der Waals surface area contributed by atoms with Gasteiger partial charge in [-0.25, -0.2) is 9.78 Å². The molecule has 1 heterocycles. The fraction of sp³-hybridized carbons (Fsp3) is 0.250. The maximum absolute atomic E-state index is 11.8. The van der Waals surface area contributed by atoms with Crippen molar-refractivity contribution in [1.29, 1.82) is 0 Å². The highest BCUT2D eigenvalue weighted by atomic mass is 16.5. The van der Waals surface area contributed by atoms with E-state index in [9.17, 15) is 4.79 Å². The van der Waals surface area contributed by atoms with Crippen LogP contribution in [0.5, 0.6) is 17.4 Å². The smallest absolute Gasteiger partial charge is 0.319 e. The lowest BCUT2D eigenvalue weighted by molar-refractivity contribution is 0.190. The number of ether oxygens (including phenoxy) is 2. The maximum atomic E-state index is 11.8. The number of rotatable bonds is 6. The van der Waals surface area contributed by atoms with Gasteiger partial charge in [0.15, 0.2) is 0 Å². The van der Waals surface area contributed by atoms with Crippen molar-refractivity contribution < 1.29 is 19.4 Å². The van der Waals surface area contributed by atoms with Crippen molar-refractivity contribution in [1.82, 2.24) is 10.3 Å². The number of carbonyl (C=O) groups excluding carboxylic acids is 1. The van der Waals surface area contributed by atoms with Crippen LogP contribution in [0.25, 0.3) is 0 Å². The molecule has 7 heteroatoms. The standard InChI is InChI=1S/C16H19N3O4/c1-11(20)10-18-16(21)19-14-4-3-9-17-15(14)23-13-7-5-12(22-2)6-8-13/h3-9,11,20H,10H2,1-2H3,(H2,18,19,21). The van der Waals surface area contributed by atoms with Gasteiger partial charge in [-0.2, -0.15) is 0 Å². The average Bonchev–Trinajstić information content (AvgIpc) is 2.55. The molecule has 1 aromatic carbocycles. The Labute approximate surface area is 134 Å². The Balaban J connectivity index is 2.05. The Morgan fingerprint density at radius 1 is 1.26 bits per heavy atom. The largest absolute Gasteiger partial charge is 0.497 e. The molecular weight excluding hydrogens is 298 g/mol. The Hall–Kier alpha value is -2.80. The zero-order valence-electron chi connectivity index (χ0n) is 12.9. The highest BCUT2D eigenvalue weighted by molar-refractivity contribution is 5.90. The SMILES string of the molecule is COc1ccc(Oc2ncccc2NC(=O)NCC(C)O)cc1. The van der Waals surface area contributed by atoms with Crippen LogP contribution in [-0.2, 0) is 0 Å². The molecule has 2 amide bonds. The number of carbonyl (C=O) groups is 1. The highest BCUT2D eigenvalue weighted by Gasteiger charge is 2.10. The van der Waals surface area contributed by atoms with E-state index in [4.69, 9.17) is 14.6 Å². The van der Waals surface area contributed by atoms with Gasteiger partial charge in [0, 0.05) is 12.7 Å². The molecule has 0 bridgehead atoms. The molecule has 0 saturated carbocycles. The molecule has 1 atom stereocenters. The van der Waals surface area contributed by atoms with Crippen LogP contribution < -0.4 is 20.1 Å².